The number of rotatable bonds is 9. The minimum atomic E-state index is 0.414. The van der Waals surface area contributed by atoms with Gasteiger partial charge in [-0.2, -0.15) is 0 Å². The summed E-state index contributed by atoms with van der Waals surface area (Å²) >= 11 is 0. The van der Waals surface area contributed by atoms with Crippen LogP contribution in [0.2, 0.25) is 0 Å². The van der Waals surface area contributed by atoms with Gasteiger partial charge in [0.05, 0.1) is 0 Å². The van der Waals surface area contributed by atoms with Crippen molar-refractivity contribution in [2.24, 2.45) is 10.4 Å². The third kappa shape index (κ3) is 6.12. The molecule has 2 N–H and O–H groups in total. The maximum atomic E-state index is 5.56. The Morgan fingerprint density at radius 2 is 1.95 bits per heavy atom. The standard InChI is InChI=1S/C16H33N3O/c1-4-6-12-18-15(17-3)19-14-16(9-7-8-10-16)11-13-20-5-2/h4-14H2,1-3H3,(H2,17,18,19). The molecule has 1 aliphatic rings. The first kappa shape index (κ1) is 17.3. The lowest BCUT2D eigenvalue weighted by Gasteiger charge is -2.30. The van der Waals surface area contributed by atoms with E-state index in [0.717, 1.165) is 32.3 Å². The Bertz CT molecular complexity index is 273. The predicted molar refractivity (Wildman–Crippen MR) is 86.3 cm³/mol. The zero-order chi connectivity index (χ0) is 14.7. The van der Waals surface area contributed by atoms with Crippen LogP contribution in [0.15, 0.2) is 4.99 Å². The van der Waals surface area contributed by atoms with Crippen LogP contribution in [-0.4, -0.2) is 39.3 Å². The highest BCUT2D eigenvalue weighted by Gasteiger charge is 2.33. The molecular formula is C16H33N3O. The van der Waals surface area contributed by atoms with E-state index in [1.807, 2.05) is 7.05 Å². The van der Waals surface area contributed by atoms with Gasteiger partial charge in [0.25, 0.3) is 0 Å². The molecule has 4 heteroatoms. The molecule has 0 aromatic rings. The molecule has 118 valence electrons. The minimum Gasteiger partial charge on any atom is -0.382 e. The van der Waals surface area contributed by atoms with Gasteiger partial charge in [-0.1, -0.05) is 26.2 Å². The minimum absolute atomic E-state index is 0.414. The summed E-state index contributed by atoms with van der Waals surface area (Å²) in [4.78, 5) is 4.31. The number of unbranched alkanes of at least 4 members (excludes halogenated alkanes) is 1. The van der Waals surface area contributed by atoms with Crippen molar-refractivity contribution >= 4 is 5.96 Å². The Kier molecular flexibility index (Phi) is 8.67. The van der Waals surface area contributed by atoms with Crippen LogP contribution in [0.3, 0.4) is 0 Å². The highest BCUT2D eigenvalue weighted by Crippen LogP contribution is 2.40. The van der Waals surface area contributed by atoms with Crippen molar-refractivity contribution in [1.82, 2.24) is 10.6 Å². The van der Waals surface area contributed by atoms with Crippen LogP contribution in [0.25, 0.3) is 0 Å². The number of aliphatic imine (C=N–C) groups is 1. The van der Waals surface area contributed by atoms with Crippen molar-refractivity contribution in [2.75, 3.05) is 33.4 Å². The number of ether oxygens (including phenoxy) is 1. The Labute approximate surface area is 124 Å². The molecule has 0 atom stereocenters. The zero-order valence-electron chi connectivity index (χ0n) is 13.6. The van der Waals surface area contributed by atoms with E-state index in [9.17, 15) is 0 Å². The first-order valence-electron chi connectivity index (χ1n) is 8.28. The van der Waals surface area contributed by atoms with Crippen LogP contribution in [0.1, 0.15) is 58.8 Å². The van der Waals surface area contributed by atoms with Gasteiger partial charge >= 0.3 is 0 Å². The summed E-state index contributed by atoms with van der Waals surface area (Å²) in [5.41, 5.74) is 0.414. The van der Waals surface area contributed by atoms with Gasteiger partial charge in [0.15, 0.2) is 5.96 Å². The van der Waals surface area contributed by atoms with Gasteiger partial charge in [-0.25, -0.2) is 0 Å². The van der Waals surface area contributed by atoms with Crippen molar-refractivity contribution in [3.63, 3.8) is 0 Å². The molecule has 0 aromatic heterocycles. The highest BCUT2D eigenvalue weighted by molar-refractivity contribution is 5.79. The molecule has 0 unspecified atom stereocenters. The van der Waals surface area contributed by atoms with Gasteiger partial charge in [-0.3, -0.25) is 4.99 Å². The highest BCUT2D eigenvalue weighted by atomic mass is 16.5. The van der Waals surface area contributed by atoms with Crippen molar-refractivity contribution < 1.29 is 4.74 Å². The summed E-state index contributed by atoms with van der Waals surface area (Å²) < 4.78 is 5.56. The average molecular weight is 283 g/mol. The van der Waals surface area contributed by atoms with E-state index in [1.165, 1.54) is 44.9 Å². The Balaban J connectivity index is 2.37. The molecule has 0 aliphatic heterocycles. The molecule has 1 fully saturated rings. The average Bonchev–Trinajstić information content (AvgIpc) is 2.92. The quantitative estimate of drug-likeness (QED) is 0.388. The number of guanidine groups is 1. The first-order chi connectivity index (χ1) is 9.76. The van der Waals surface area contributed by atoms with Gasteiger partial charge in [-0.15, -0.1) is 0 Å². The van der Waals surface area contributed by atoms with Crippen molar-refractivity contribution in [3.05, 3.63) is 0 Å². The lowest BCUT2D eigenvalue weighted by atomic mass is 9.83. The SMILES string of the molecule is CCCCNC(=NC)NCC1(CCOCC)CCCC1. The number of hydrogen-bond acceptors (Lipinski definition) is 2. The molecular weight excluding hydrogens is 250 g/mol. The third-order valence-corrected chi connectivity index (χ3v) is 4.32. The second kappa shape index (κ2) is 10.0. The van der Waals surface area contributed by atoms with E-state index < -0.39 is 0 Å². The smallest absolute Gasteiger partial charge is 0.190 e. The summed E-state index contributed by atoms with van der Waals surface area (Å²) in [6, 6.07) is 0. The summed E-state index contributed by atoms with van der Waals surface area (Å²) in [6.07, 6.45) is 8.92. The van der Waals surface area contributed by atoms with E-state index in [4.69, 9.17) is 4.74 Å². The van der Waals surface area contributed by atoms with E-state index in [-0.39, 0.29) is 0 Å². The third-order valence-electron chi connectivity index (χ3n) is 4.32. The molecule has 0 saturated heterocycles. The fourth-order valence-corrected chi connectivity index (χ4v) is 2.95. The van der Waals surface area contributed by atoms with E-state index >= 15 is 0 Å². The van der Waals surface area contributed by atoms with Crippen LogP contribution in [0.5, 0.6) is 0 Å². The van der Waals surface area contributed by atoms with Crippen molar-refractivity contribution in [3.8, 4) is 0 Å². The van der Waals surface area contributed by atoms with E-state index in [0.29, 0.717) is 5.41 Å². The van der Waals surface area contributed by atoms with Gasteiger partial charge in [0.2, 0.25) is 0 Å². The summed E-state index contributed by atoms with van der Waals surface area (Å²) in [6.45, 7) is 8.01. The first-order valence-corrected chi connectivity index (χ1v) is 8.28. The zero-order valence-corrected chi connectivity index (χ0v) is 13.6. The monoisotopic (exact) mass is 283 g/mol. The number of nitrogens with zero attached hydrogens (tertiary/aromatic N) is 1. The Hall–Kier alpha value is -0.770. The second-order valence-corrected chi connectivity index (χ2v) is 5.86. The molecule has 1 aliphatic carbocycles. The van der Waals surface area contributed by atoms with Crippen molar-refractivity contribution in [1.29, 1.82) is 0 Å². The summed E-state index contributed by atoms with van der Waals surface area (Å²) in [5.74, 6) is 0.945. The maximum Gasteiger partial charge on any atom is 0.190 e. The van der Waals surface area contributed by atoms with Crippen LogP contribution in [0.4, 0.5) is 0 Å². The molecule has 1 rings (SSSR count). The number of nitrogens with one attached hydrogen (secondary N) is 2. The molecule has 0 heterocycles. The lowest BCUT2D eigenvalue weighted by Crippen LogP contribution is -2.43. The van der Waals surface area contributed by atoms with Crippen LogP contribution >= 0.6 is 0 Å². The summed E-state index contributed by atoms with van der Waals surface area (Å²) in [5, 5.41) is 6.91. The van der Waals surface area contributed by atoms with Crippen LogP contribution in [-0.2, 0) is 4.74 Å². The molecule has 0 radical (unpaired) electrons. The van der Waals surface area contributed by atoms with Gasteiger partial charge in [-0.05, 0) is 38.0 Å². The summed E-state index contributed by atoms with van der Waals surface area (Å²) in [7, 11) is 1.85. The topological polar surface area (TPSA) is 45.7 Å². The normalized spacial score (nSPS) is 18.2. The van der Waals surface area contributed by atoms with Crippen molar-refractivity contribution in [2.45, 2.75) is 58.8 Å². The van der Waals surface area contributed by atoms with E-state index in [1.54, 1.807) is 0 Å². The Morgan fingerprint density at radius 1 is 1.20 bits per heavy atom. The molecule has 0 spiro atoms. The van der Waals surface area contributed by atoms with Crippen LogP contribution in [0, 0.1) is 5.41 Å². The van der Waals surface area contributed by atoms with Gasteiger partial charge in [0, 0.05) is 33.4 Å². The predicted octanol–water partition coefficient (Wildman–Crippen LogP) is 2.94. The molecule has 4 nitrogen and oxygen atoms in total. The van der Waals surface area contributed by atoms with Crippen LogP contribution < -0.4 is 10.6 Å². The van der Waals surface area contributed by atoms with Gasteiger partial charge < -0.3 is 15.4 Å². The fraction of sp³-hybridized carbons (Fsp3) is 0.938. The molecule has 1 saturated carbocycles. The largest absolute Gasteiger partial charge is 0.382 e. The van der Waals surface area contributed by atoms with E-state index in [2.05, 4.69) is 29.5 Å². The lowest BCUT2D eigenvalue weighted by molar-refractivity contribution is 0.105. The molecule has 0 amide bonds. The van der Waals surface area contributed by atoms with Gasteiger partial charge in [0.1, 0.15) is 0 Å². The second-order valence-electron chi connectivity index (χ2n) is 5.86. The molecule has 20 heavy (non-hydrogen) atoms. The fourth-order valence-electron chi connectivity index (χ4n) is 2.95. The molecule has 0 bridgehead atoms. The number of hydrogen-bond donors (Lipinski definition) is 2. The Morgan fingerprint density at radius 3 is 2.55 bits per heavy atom. The molecule has 0 aromatic carbocycles. The maximum absolute atomic E-state index is 5.56.